The monoisotopic (exact) mass is 491 g/mol. The van der Waals surface area contributed by atoms with E-state index >= 15 is 0 Å². The van der Waals surface area contributed by atoms with Gasteiger partial charge < -0.3 is 18.9 Å². The molecule has 1 fully saturated rings. The van der Waals surface area contributed by atoms with Gasteiger partial charge in [-0.15, -0.1) is 0 Å². The number of ether oxygens (including phenoxy) is 2. The van der Waals surface area contributed by atoms with Crippen LogP contribution in [0.25, 0.3) is 11.0 Å². The van der Waals surface area contributed by atoms with Gasteiger partial charge in [0.2, 0.25) is 0 Å². The van der Waals surface area contributed by atoms with Crippen LogP contribution in [-0.4, -0.2) is 62.6 Å². The van der Waals surface area contributed by atoms with Gasteiger partial charge in [0.25, 0.3) is 11.4 Å². The Bertz CT molecular complexity index is 1360. The van der Waals surface area contributed by atoms with Crippen molar-refractivity contribution in [1.29, 1.82) is 5.26 Å². The molecule has 0 spiro atoms. The predicted molar refractivity (Wildman–Crippen MR) is 136 cm³/mol. The fraction of sp³-hybridized carbons (Fsp3) is 0.538. The highest BCUT2D eigenvalue weighted by molar-refractivity contribution is 5.88. The number of aromatic nitrogens is 4. The molecule has 3 aromatic rings. The van der Waals surface area contributed by atoms with E-state index in [2.05, 4.69) is 41.7 Å². The number of aryl methyl sites for hydroxylation is 1. The first-order valence-corrected chi connectivity index (χ1v) is 12.7. The van der Waals surface area contributed by atoms with Gasteiger partial charge in [-0.25, -0.2) is 4.98 Å². The van der Waals surface area contributed by atoms with E-state index < -0.39 is 0 Å². The molecule has 3 atom stereocenters. The third-order valence-corrected chi connectivity index (χ3v) is 7.51. The lowest BCUT2D eigenvalue weighted by molar-refractivity contribution is 0.0977. The number of hydrogen-bond donors (Lipinski definition) is 0. The summed E-state index contributed by atoms with van der Waals surface area (Å²) in [6, 6.07) is 8.38. The Labute approximate surface area is 210 Å². The molecule has 0 amide bonds. The molecule has 0 aromatic carbocycles. The summed E-state index contributed by atoms with van der Waals surface area (Å²) in [5, 5.41) is 13.8. The van der Waals surface area contributed by atoms with Crippen molar-refractivity contribution in [2.75, 3.05) is 31.2 Å². The van der Waals surface area contributed by atoms with Crippen LogP contribution in [0.15, 0.2) is 29.2 Å². The summed E-state index contributed by atoms with van der Waals surface area (Å²) in [5.74, 6) is 1.27. The molecule has 190 valence electrons. The molecule has 0 N–H and O–H groups in total. The van der Waals surface area contributed by atoms with Gasteiger partial charge in [-0.3, -0.25) is 14.4 Å². The van der Waals surface area contributed by atoms with Gasteiger partial charge >= 0.3 is 0 Å². The number of rotatable bonds is 6. The Morgan fingerprint density at radius 1 is 1.17 bits per heavy atom. The van der Waals surface area contributed by atoms with Crippen molar-refractivity contribution >= 4 is 16.7 Å². The topological polar surface area (TPSA) is 101 Å². The van der Waals surface area contributed by atoms with E-state index in [0.717, 1.165) is 48.3 Å². The van der Waals surface area contributed by atoms with Crippen LogP contribution in [0.3, 0.4) is 0 Å². The second-order valence-electron chi connectivity index (χ2n) is 9.53. The fourth-order valence-electron chi connectivity index (χ4n) is 5.41. The van der Waals surface area contributed by atoms with Crippen molar-refractivity contribution in [1.82, 2.24) is 24.2 Å². The highest BCUT2D eigenvalue weighted by Gasteiger charge is 2.37. The fourth-order valence-corrected chi connectivity index (χ4v) is 5.41. The minimum Gasteiger partial charge on any atom is -0.484 e. The molecule has 36 heavy (non-hydrogen) atoms. The number of anilines is 1. The van der Waals surface area contributed by atoms with Crippen LogP contribution in [0.4, 0.5) is 5.69 Å². The molecule has 1 saturated heterocycles. The molecule has 0 bridgehead atoms. The molecule has 0 aliphatic carbocycles. The Morgan fingerprint density at radius 2 is 1.94 bits per heavy atom. The zero-order valence-electron chi connectivity index (χ0n) is 21.3. The van der Waals surface area contributed by atoms with E-state index in [-0.39, 0.29) is 30.2 Å². The van der Waals surface area contributed by atoms with Crippen LogP contribution >= 0.6 is 0 Å². The first-order valence-electron chi connectivity index (χ1n) is 12.7. The van der Waals surface area contributed by atoms with E-state index in [1.54, 1.807) is 28.6 Å². The van der Waals surface area contributed by atoms with E-state index in [0.29, 0.717) is 24.8 Å². The molecule has 2 aliphatic rings. The number of fused-ring (bicyclic) bond motifs is 2. The predicted octanol–water partition coefficient (Wildman–Crippen LogP) is 2.87. The normalized spacial score (nSPS) is 20.9. The van der Waals surface area contributed by atoms with Crippen molar-refractivity contribution in [3.8, 4) is 17.7 Å². The summed E-state index contributed by atoms with van der Waals surface area (Å²) >= 11 is 0. The minimum absolute atomic E-state index is 0.0758. The van der Waals surface area contributed by atoms with E-state index in [1.807, 2.05) is 12.1 Å². The van der Waals surface area contributed by atoms with Crippen LogP contribution in [-0.2, 0) is 13.6 Å². The number of hydrogen-bond acceptors (Lipinski definition) is 8. The van der Waals surface area contributed by atoms with Crippen LogP contribution in [0.5, 0.6) is 11.6 Å². The molecule has 1 unspecified atom stereocenters. The smallest absolute Gasteiger partial charge is 0.257 e. The summed E-state index contributed by atoms with van der Waals surface area (Å²) in [7, 11) is 1.75. The zero-order valence-corrected chi connectivity index (χ0v) is 21.3. The minimum atomic E-state index is -0.0758. The Balaban J connectivity index is 1.48. The van der Waals surface area contributed by atoms with Gasteiger partial charge in [0.05, 0.1) is 29.2 Å². The largest absolute Gasteiger partial charge is 0.484 e. The van der Waals surface area contributed by atoms with Gasteiger partial charge in [0, 0.05) is 44.3 Å². The lowest BCUT2D eigenvalue weighted by Gasteiger charge is -2.49. The zero-order chi connectivity index (χ0) is 25.4. The highest BCUT2D eigenvalue weighted by Crippen LogP contribution is 2.36. The third-order valence-electron chi connectivity index (χ3n) is 7.51. The first kappa shape index (κ1) is 24.1. The average Bonchev–Trinajstić information content (AvgIpc) is 3.33. The van der Waals surface area contributed by atoms with Crippen molar-refractivity contribution in [3.63, 3.8) is 0 Å². The Morgan fingerprint density at radius 3 is 2.69 bits per heavy atom. The maximum Gasteiger partial charge on any atom is 0.257 e. The van der Waals surface area contributed by atoms with Gasteiger partial charge in [0.1, 0.15) is 25.3 Å². The molecular formula is C26H33N7O3. The molecular weight excluding hydrogens is 458 g/mol. The van der Waals surface area contributed by atoms with Crippen LogP contribution < -0.4 is 19.9 Å². The number of pyridine rings is 2. The first-order chi connectivity index (χ1) is 17.4. The molecule has 3 aromatic heterocycles. The summed E-state index contributed by atoms with van der Waals surface area (Å²) < 4.78 is 14.6. The van der Waals surface area contributed by atoms with Gasteiger partial charge in [-0.2, -0.15) is 10.4 Å². The lowest BCUT2D eigenvalue weighted by Crippen LogP contribution is -2.59. The molecule has 10 heteroatoms. The summed E-state index contributed by atoms with van der Waals surface area (Å²) in [4.78, 5) is 22.5. The molecule has 0 radical (unpaired) electrons. The van der Waals surface area contributed by atoms with Gasteiger partial charge in [-0.05, 0) is 31.9 Å². The van der Waals surface area contributed by atoms with Crippen LogP contribution in [0.2, 0.25) is 0 Å². The molecule has 10 nitrogen and oxygen atoms in total. The van der Waals surface area contributed by atoms with Gasteiger partial charge in [-0.1, -0.05) is 13.8 Å². The third kappa shape index (κ3) is 4.17. The molecule has 2 aliphatic heterocycles. The molecule has 0 saturated carbocycles. The summed E-state index contributed by atoms with van der Waals surface area (Å²) in [6.07, 6.45) is 3.66. The molecule has 5 rings (SSSR count). The van der Waals surface area contributed by atoms with Gasteiger partial charge in [0.15, 0.2) is 5.75 Å². The maximum atomic E-state index is 12.9. The van der Waals surface area contributed by atoms with Crippen LogP contribution in [0, 0.1) is 11.3 Å². The summed E-state index contributed by atoms with van der Waals surface area (Å²) in [5.41, 5.74) is 3.24. The quantitative estimate of drug-likeness (QED) is 0.519. The molecule has 5 heterocycles. The van der Waals surface area contributed by atoms with Crippen molar-refractivity contribution in [2.45, 2.75) is 58.3 Å². The second kappa shape index (κ2) is 9.82. The SMILES string of the molecule is CC[C@H]1CN(C(C)c2ccc3c(n2)OCCO3)[C@H](CC)CN1c1cc(=O)n(C)c2cn(CC#N)nc12. The van der Waals surface area contributed by atoms with E-state index in [9.17, 15) is 4.79 Å². The second-order valence-corrected chi connectivity index (χ2v) is 9.53. The van der Waals surface area contributed by atoms with Crippen molar-refractivity contribution in [2.24, 2.45) is 7.05 Å². The van der Waals surface area contributed by atoms with Crippen molar-refractivity contribution < 1.29 is 9.47 Å². The highest BCUT2D eigenvalue weighted by atomic mass is 16.6. The number of nitrogens with zero attached hydrogens (tertiary/aromatic N) is 7. The van der Waals surface area contributed by atoms with Crippen LogP contribution in [0.1, 0.15) is 45.3 Å². The van der Waals surface area contributed by atoms with E-state index in [4.69, 9.17) is 19.7 Å². The summed E-state index contributed by atoms with van der Waals surface area (Å²) in [6.45, 7) is 9.40. The lowest BCUT2D eigenvalue weighted by atomic mass is 9.98. The number of piperazine rings is 1. The maximum absolute atomic E-state index is 12.9. The number of nitriles is 1. The average molecular weight is 492 g/mol. The Hall–Kier alpha value is -3.58. The van der Waals surface area contributed by atoms with Crippen molar-refractivity contribution in [3.05, 3.63) is 40.4 Å². The van der Waals surface area contributed by atoms with E-state index in [1.165, 1.54) is 0 Å². The Kier molecular flexibility index (Phi) is 6.58. The standard InChI is InChI=1S/C26H33N7O3/c1-5-18-15-33(21-13-24(34)30(4)22-16-31(10-9-27)29-25(21)22)19(6-2)14-32(18)17(3)20-7-8-23-26(28-20)36-12-11-35-23/h7-8,13,16-19H,5-6,10-12,14-15H2,1-4H3/t17?,18-,19+/m1/s1.